The van der Waals surface area contributed by atoms with E-state index in [1.165, 1.54) is 36.0 Å². The Balaban J connectivity index is 1.72. The van der Waals surface area contributed by atoms with Gasteiger partial charge in [0.05, 0.1) is 0 Å². The predicted molar refractivity (Wildman–Crippen MR) is 138 cm³/mol. The molecule has 2 aromatic carbocycles. The van der Waals surface area contributed by atoms with Crippen molar-refractivity contribution < 1.29 is 27.9 Å². The van der Waals surface area contributed by atoms with Gasteiger partial charge in [-0.2, -0.15) is 13.2 Å². The fourth-order valence-electron chi connectivity index (χ4n) is 3.89. The van der Waals surface area contributed by atoms with Crippen molar-refractivity contribution in [3.8, 4) is 0 Å². The molecule has 1 atom stereocenters. The van der Waals surface area contributed by atoms with Crippen molar-refractivity contribution >= 4 is 41.2 Å². The second-order valence-electron chi connectivity index (χ2n) is 9.41. The average molecular weight is 542 g/mol. The minimum absolute atomic E-state index is 0.0518. The van der Waals surface area contributed by atoms with Gasteiger partial charge < -0.3 is 20.2 Å². The van der Waals surface area contributed by atoms with Gasteiger partial charge in [-0.15, -0.1) is 11.8 Å². The molecule has 0 fully saturated rings. The van der Waals surface area contributed by atoms with Gasteiger partial charge >= 0.3 is 17.5 Å². The predicted octanol–water partition coefficient (Wildman–Crippen LogP) is 5.82. The molecule has 1 unspecified atom stereocenters. The van der Waals surface area contributed by atoms with Crippen molar-refractivity contribution in [2.75, 3.05) is 32.5 Å². The first-order chi connectivity index (χ1) is 16.7. The Bertz CT molecular complexity index is 1090. The standard InChI is InChI=1S/C25H30F3N3O3S2/c1-24(2,22(32)33)35-21-8-5-16-13-19(14-17(16)15-21)31(12-11-30(3)4)23(34)29-18-6-9-20(10-7-18)36-25(26,27)28/h5-10,15,19H,11-14H2,1-4H3,(H,29,34)(H,32,33). The lowest BCUT2D eigenvalue weighted by Gasteiger charge is -2.30. The van der Waals surface area contributed by atoms with Crippen molar-refractivity contribution in [3.05, 3.63) is 53.6 Å². The van der Waals surface area contributed by atoms with Gasteiger partial charge in [0.25, 0.3) is 0 Å². The zero-order chi connectivity index (χ0) is 26.7. The van der Waals surface area contributed by atoms with Crippen LogP contribution in [0.1, 0.15) is 25.0 Å². The second kappa shape index (κ2) is 11.4. The molecular formula is C25H30F3N3O3S2. The van der Waals surface area contributed by atoms with E-state index in [2.05, 4.69) is 5.32 Å². The molecule has 196 valence electrons. The highest BCUT2D eigenvalue weighted by Crippen LogP contribution is 2.38. The molecule has 2 N–H and O–H groups in total. The number of nitrogens with one attached hydrogen (secondary N) is 1. The van der Waals surface area contributed by atoms with Gasteiger partial charge in [0.1, 0.15) is 4.75 Å². The van der Waals surface area contributed by atoms with Crippen LogP contribution in [0.4, 0.5) is 23.7 Å². The number of amides is 2. The van der Waals surface area contributed by atoms with Gasteiger partial charge in [-0.1, -0.05) is 6.07 Å². The number of nitrogens with zero attached hydrogens (tertiary/aromatic N) is 2. The number of carboxylic acid groups (broad SMARTS) is 1. The maximum Gasteiger partial charge on any atom is 0.446 e. The van der Waals surface area contributed by atoms with E-state index in [4.69, 9.17) is 0 Å². The van der Waals surface area contributed by atoms with Crippen molar-refractivity contribution in [2.45, 2.75) is 52.8 Å². The number of anilines is 1. The van der Waals surface area contributed by atoms with Gasteiger partial charge in [-0.05, 0) is 100 Å². The summed E-state index contributed by atoms with van der Waals surface area (Å²) >= 11 is 1.09. The van der Waals surface area contributed by atoms with Crippen LogP contribution in [0, 0.1) is 0 Å². The Morgan fingerprint density at radius 3 is 2.17 bits per heavy atom. The number of alkyl halides is 3. The Hall–Kier alpha value is -2.37. The van der Waals surface area contributed by atoms with Crippen molar-refractivity contribution in [3.63, 3.8) is 0 Å². The molecule has 0 aliphatic heterocycles. The molecule has 0 saturated heterocycles. The summed E-state index contributed by atoms with van der Waals surface area (Å²) in [5, 5.41) is 12.3. The van der Waals surface area contributed by atoms with E-state index in [1.807, 2.05) is 37.2 Å². The van der Waals surface area contributed by atoms with E-state index in [0.29, 0.717) is 31.6 Å². The van der Waals surface area contributed by atoms with Crippen LogP contribution in [0.5, 0.6) is 0 Å². The van der Waals surface area contributed by atoms with Gasteiger partial charge in [-0.25, -0.2) is 4.79 Å². The lowest BCUT2D eigenvalue weighted by molar-refractivity contribution is -0.138. The molecule has 3 rings (SSSR count). The van der Waals surface area contributed by atoms with Crippen molar-refractivity contribution in [1.82, 2.24) is 9.80 Å². The number of thioether (sulfide) groups is 2. The summed E-state index contributed by atoms with van der Waals surface area (Å²) in [6, 6.07) is 11.1. The number of carboxylic acids is 1. The number of halogens is 3. The first-order valence-electron chi connectivity index (χ1n) is 11.4. The van der Waals surface area contributed by atoms with Crippen molar-refractivity contribution in [1.29, 1.82) is 0 Å². The van der Waals surface area contributed by atoms with E-state index in [-0.39, 0.29) is 28.7 Å². The van der Waals surface area contributed by atoms with Gasteiger partial charge in [0, 0.05) is 34.6 Å². The number of carbonyl (C=O) groups is 2. The maximum atomic E-state index is 13.2. The molecular weight excluding hydrogens is 511 g/mol. The van der Waals surface area contributed by atoms with Gasteiger partial charge in [0.2, 0.25) is 0 Å². The minimum Gasteiger partial charge on any atom is -0.480 e. The highest BCUT2D eigenvalue weighted by Gasteiger charge is 2.33. The monoisotopic (exact) mass is 541 g/mol. The van der Waals surface area contributed by atoms with Crippen LogP contribution in [0.3, 0.4) is 0 Å². The largest absolute Gasteiger partial charge is 0.480 e. The maximum absolute atomic E-state index is 13.2. The zero-order valence-corrected chi connectivity index (χ0v) is 22.2. The fourth-order valence-corrected chi connectivity index (χ4v) is 5.44. The van der Waals surface area contributed by atoms with E-state index in [1.54, 1.807) is 18.7 Å². The Morgan fingerprint density at radius 2 is 1.58 bits per heavy atom. The lowest BCUT2D eigenvalue weighted by atomic mass is 10.1. The number of fused-ring (bicyclic) bond motifs is 1. The number of likely N-dealkylation sites (N-methyl/N-ethyl adjacent to an activating group) is 1. The van der Waals surface area contributed by atoms with Crippen LogP contribution in [-0.4, -0.2) is 70.4 Å². The molecule has 1 aliphatic rings. The number of carbonyl (C=O) groups excluding carboxylic acids is 1. The topological polar surface area (TPSA) is 72.9 Å². The molecule has 0 bridgehead atoms. The van der Waals surface area contributed by atoms with Crippen molar-refractivity contribution in [2.24, 2.45) is 0 Å². The lowest BCUT2D eigenvalue weighted by Crippen LogP contribution is -2.46. The number of benzene rings is 2. The molecule has 1 aliphatic carbocycles. The third-order valence-electron chi connectivity index (χ3n) is 5.81. The fraction of sp³-hybridized carbons (Fsp3) is 0.440. The molecule has 11 heteroatoms. The third kappa shape index (κ3) is 7.81. The molecule has 0 aromatic heterocycles. The van der Waals surface area contributed by atoms with Gasteiger partial charge in [-0.3, -0.25) is 4.79 Å². The number of hydrogen-bond acceptors (Lipinski definition) is 5. The summed E-state index contributed by atoms with van der Waals surface area (Å²) in [4.78, 5) is 29.4. The number of hydrogen-bond donors (Lipinski definition) is 2. The third-order valence-corrected chi connectivity index (χ3v) is 7.72. The molecule has 36 heavy (non-hydrogen) atoms. The SMILES string of the molecule is CN(C)CCN(C(=O)Nc1ccc(SC(F)(F)F)cc1)C1Cc2ccc(SC(C)(C)C(=O)O)cc2C1. The first kappa shape index (κ1) is 28.2. The summed E-state index contributed by atoms with van der Waals surface area (Å²) in [6.07, 6.45) is 1.31. The Morgan fingerprint density at radius 1 is 0.972 bits per heavy atom. The van der Waals surface area contributed by atoms with Crippen LogP contribution >= 0.6 is 23.5 Å². The quantitative estimate of drug-likeness (QED) is 0.390. The van der Waals surface area contributed by atoms with E-state index >= 15 is 0 Å². The van der Waals surface area contributed by atoms with E-state index in [9.17, 15) is 27.9 Å². The molecule has 0 saturated carbocycles. The Labute approximate surface area is 217 Å². The average Bonchev–Trinajstić information content (AvgIpc) is 3.16. The molecule has 0 spiro atoms. The molecule has 2 aromatic rings. The number of rotatable bonds is 9. The molecule has 0 heterocycles. The zero-order valence-electron chi connectivity index (χ0n) is 20.6. The van der Waals surface area contributed by atoms with Crippen LogP contribution in [0.2, 0.25) is 0 Å². The van der Waals surface area contributed by atoms with E-state index < -0.39 is 16.2 Å². The first-order valence-corrected chi connectivity index (χ1v) is 13.0. The Kier molecular flexibility index (Phi) is 8.89. The second-order valence-corrected chi connectivity index (χ2v) is 12.2. The normalized spacial score (nSPS) is 15.6. The number of urea groups is 1. The van der Waals surface area contributed by atoms with Crippen LogP contribution in [0.15, 0.2) is 52.3 Å². The molecule has 6 nitrogen and oxygen atoms in total. The smallest absolute Gasteiger partial charge is 0.446 e. The summed E-state index contributed by atoms with van der Waals surface area (Å²) in [5.41, 5.74) is -1.74. The minimum atomic E-state index is -4.37. The highest BCUT2D eigenvalue weighted by molar-refractivity contribution is 8.01. The molecule has 2 amide bonds. The van der Waals surface area contributed by atoms with Crippen LogP contribution in [0.25, 0.3) is 0 Å². The summed E-state index contributed by atoms with van der Waals surface area (Å²) in [5.74, 6) is -0.887. The highest BCUT2D eigenvalue weighted by atomic mass is 32.2. The van der Waals surface area contributed by atoms with Crippen LogP contribution in [-0.2, 0) is 17.6 Å². The summed E-state index contributed by atoms with van der Waals surface area (Å²) < 4.78 is 36.8. The summed E-state index contributed by atoms with van der Waals surface area (Å²) in [7, 11) is 3.84. The van der Waals surface area contributed by atoms with Crippen LogP contribution < -0.4 is 5.32 Å². The van der Waals surface area contributed by atoms with E-state index in [0.717, 1.165) is 16.0 Å². The number of aliphatic carboxylic acids is 1. The molecule has 0 radical (unpaired) electrons. The summed E-state index contributed by atoms with van der Waals surface area (Å²) in [6.45, 7) is 4.46. The van der Waals surface area contributed by atoms with Gasteiger partial charge in [0.15, 0.2) is 0 Å².